The highest BCUT2D eigenvalue weighted by molar-refractivity contribution is 6.52. The maximum absolute atomic E-state index is 6.98. The summed E-state index contributed by atoms with van der Waals surface area (Å²) in [7, 11) is 3.23. The van der Waals surface area contributed by atoms with Gasteiger partial charge in [0.25, 0.3) is 0 Å². The summed E-state index contributed by atoms with van der Waals surface area (Å²) in [6.45, 7) is 0. The third-order valence-electron chi connectivity index (χ3n) is 6.07. The number of alkyl halides is 2. The molecule has 148 valence electrons. The minimum atomic E-state index is -1.09. The van der Waals surface area contributed by atoms with Crippen LogP contribution in [0.4, 0.5) is 0 Å². The van der Waals surface area contributed by atoms with E-state index in [2.05, 4.69) is 18.2 Å². The summed E-state index contributed by atoms with van der Waals surface area (Å²) in [6, 6.07) is 24.1. The van der Waals surface area contributed by atoms with Gasteiger partial charge in [0.05, 0.1) is 20.1 Å². The molecule has 1 aliphatic heterocycles. The van der Waals surface area contributed by atoms with Crippen LogP contribution in [0.2, 0.25) is 0 Å². The second-order valence-electron chi connectivity index (χ2n) is 7.43. The molecule has 1 aliphatic carbocycles. The van der Waals surface area contributed by atoms with Crippen LogP contribution in [0.25, 0.3) is 0 Å². The van der Waals surface area contributed by atoms with Crippen molar-refractivity contribution >= 4 is 23.2 Å². The van der Waals surface area contributed by atoms with Gasteiger partial charge in [0, 0.05) is 17.0 Å². The Hall–Kier alpha value is -2.36. The predicted octanol–water partition coefficient (Wildman–Crippen LogP) is 5.93. The van der Waals surface area contributed by atoms with Gasteiger partial charge in [0.2, 0.25) is 0 Å². The van der Waals surface area contributed by atoms with E-state index in [-0.39, 0.29) is 11.8 Å². The summed E-state index contributed by atoms with van der Waals surface area (Å²) in [5.74, 6) is 1.94. The monoisotopic (exact) mass is 426 g/mol. The number of hydrogen-bond donors (Lipinski definition) is 0. The highest BCUT2D eigenvalue weighted by Crippen LogP contribution is 2.77. The molecule has 0 N–H and O–H groups in total. The van der Waals surface area contributed by atoms with E-state index in [1.54, 1.807) is 14.2 Å². The lowest BCUT2D eigenvalue weighted by atomic mass is 9.82. The lowest BCUT2D eigenvalue weighted by Gasteiger charge is -2.32. The van der Waals surface area contributed by atoms with Gasteiger partial charge in [-0.2, -0.15) is 0 Å². The van der Waals surface area contributed by atoms with E-state index in [4.69, 9.17) is 37.4 Å². The van der Waals surface area contributed by atoms with Gasteiger partial charge >= 0.3 is 0 Å². The molecule has 0 amide bonds. The van der Waals surface area contributed by atoms with Crippen molar-refractivity contribution < 1.29 is 14.2 Å². The first-order valence-corrected chi connectivity index (χ1v) is 10.2. The molecule has 5 heteroatoms. The number of halogens is 2. The first kappa shape index (κ1) is 18.7. The molecule has 3 atom stereocenters. The summed E-state index contributed by atoms with van der Waals surface area (Å²) >= 11 is 14.0. The molecule has 1 heterocycles. The Morgan fingerprint density at radius 2 is 1.52 bits per heavy atom. The Labute approximate surface area is 180 Å². The van der Waals surface area contributed by atoms with Gasteiger partial charge in [-0.1, -0.05) is 77.8 Å². The van der Waals surface area contributed by atoms with Crippen molar-refractivity contribution in [3.63, 3.8) is 0 Å². The molecule has 5 rings (SSSR count). The number of para-hydroxylation sites is 1. The fourth-order valence-electron chi connectivity index (χ4n) is 4.70. The van der Waals surface area contributed by atoms with E-state index >= 15 is 0 Å². The zero-order valence-corrected chi connectivity index (χ0v) is 17.6. The number of fused-ring (bicyclic) bond motifs is 2. The van der Waals surface area contributed by atoms with Crippen molar-refractivity contribution in [1.82, 2.24) is 0 Å². The van der Waals surface area contributed by atoms with Crippen LogP contribution in [0.3, 0.4) is 0 Å². The summed E-state index contributed by atoms with van der Waals surface area (Å²) in [6.07, 6.45) is 0. The molecule has 0 spiro atoms. The predicted molar refractivity (Wildman–Crippen MR) is 115 cm³/mol. The van der Waals surface area contributed by atoms with Gasteiger partial charge in [-0.15, -0.1) is 0 Å². The molecule has 0 unspecified atom stereocenters. The fraction of sp³-hybridized carbons (Fsp3) is 0.250. The number of methoxy groups -OCH3 is 2. The first-order valence-electron chi connectivity index (χ1n) is 9.48. The second kappa shape index (κ2) is 6.58. The SMILES string of the molecule is COc1ccc([C@]23Oc4ccccc4[C@H](c4ccccc4)[C@@H]2C3(Cl)Cl)cc1OC. The van der Waals surface area contributed by atoms with Crippen LogP contribution in [0, 0.1) is 5.92 Å². The highest BCUT2D eigenvalue weighted by atomic mass is 35.5. The molecule has 2 aliphatic rings. The maximum atomic E-state index is 6.98. The molecule has 1 fully saturated rings. The van der Waals surface area contributed by atoms with Crippen molar-refractivity contribution in [3.8, 4) is 17.2 Å². The Kier molecular flexibility index (Phi) is 4.23. The van der Waals surface area contributed by atoms with Crippen LogP contribution < -0.4 is 14.2 Å². The number of ether oxygens (including phenoxy) is 3. The van der Waals surface area contributed by atoms with Crippen molar-refractivity contribution in [2.24, 2.45) is 5.92 Å². The van der Waals surface area contributed by atoms with Gasteiger partial charge in [-0.25, -0.2) is 0 Å². The van der Waals surface area contributed by atoms with E-state index in [1.807, 2.05) is 54.6 Å². The van der Waals surface area contributed by atoms with Crippen LogP contribution in [-0.2, 0) is 5.60 Å². The van der Waals surface area contributed by atoms with Crippen LogP contribution in [-0.4, -0.2) is 18.6 Å². The average Bonchev–Trinajstić information content (AvgIpc) is 3.27. The Bertz CT molecular complexity index is 1070. The second-order valence-corrected chi connectivity index (χ2v) is 8.82. The van der Waals surface area contributed by atoms with Gasteiger partial charge in [0.15, 0.2) is 21.4 Å². The standard InChI is InChI=1S/C24H20Cl2O3/c1-27-19-13-12-16(14-20(19)28-2)23-22(24(23,25)26)21(15-8-4-3-5-9-15)17-10-6-7-11-18(17)29-23/h3-14,21-22H,1-2H3/t21-,22-,23-/m0/s1. The van der Waals surface area contributed by atoms with Gasteiger partial charge < -0.3 is 14.2 Å². The quantitative estimate of drug-likeness (QED) is 0.484. The Morgan fingerprint density at radius 3 is 2.24 bits per heavy atom. The van der Waals surface area contributed by atoms with Crippen LogP contribution >= 0.6 is 23.2 Å². The van der Waals surface area contributed by atoms with E-state index in [9.17, 15) is 0 Å². The average molecular weight is 427 g/mol. The summed E-state index contributed by atoms with van der Waals surface area (Å²) < 4.78 is 16.4. The summed E-state index contributed by atoms with van der Waals surface area (Å²) in [5, 5.41) is 0. The molecule has 3 aromatic carbocycles. The molecule has 3 nitrogen and oxygen atoms in total. The molecule has 1 saturated carbocycles. The minimum absolute atomic E-state index is 0.0178. The third kappa shape index (κ3) is 2.50. The summed E-state index contributed by atoms with van der Waals surface area (Å²) in [5.41, 5.74) is 2.27. The zero-order chi connectivity index (χ0) is 20.2. The van der Waals surface area contributed by atoms with E-state index in [0.29, 0.717) is 11.5 Å². The van der Waals surface area contributed by atoms with Gasteiger partial charge in [0.1, 0.15) is 5.75 Å². The number of rotatable bonds is 4. The molecule has 0 aromatic heterocycles. The van der Waals surface area contributed by atoms with E-state index in [1.165, 1.54) is 5.56 Å². The fourth-order valence-corrected chi connectivity index (χ4v) is 5.68. The zero-order valence-electron chi connectivity index (χ0n) is 16.1. The van der Waals surface area contributed by atoms with Crippen LogP contribution in [0.15, 0.2) is 72.8 Å². The minimum Gasteiger partial charge on any atom is -0.493 e. The smallest absolute Gasteiger partial charge is 0.174 e. The van der Waals surface area contributed by atoms with Gasteiger partial charge in [-0.3, -0.25) is 0 Å². The largest absolute Gasteiger partial charge is 0.493 e. The van der Waals surface area contributed by atoms with Crippen molar-refractivity contribution in [2.45, 2.75) is 15.9 Å². The summed E-state index contributed by atoms with van der Waals surface area (Å²) in [4.78, 5) is 0. The normalized spacial score (nSPS) is 25.9. The molecular formula is C24H20Cl2O3. The topological polar surface area (TPSA) is 27.7 Å². The molecule has 29 heavy (non-hydrogen) atoms. The Balaban J connectivity index is 1.71. The lowest BCUT2D eigenvalue weighted by Crippen LogP contribution is -2.28. The molecule has 0 saturated heterocycles. The molecule has 0 radical (unpaired) electrons. The van der Waals surface area contributed by atoms with Crippen molar-refractivity contribution in [1.29, 1.82) is 0 Å². The molecular weight excluding hydrogens is 407 g/mol. The van der Waals surface area contributed by atoms with Crippen molar-refractivity contribution in [3.05, 3.63) is 89.5 Å². The van der Waals surface area contributed by atoms with Crippen LogP contribution in [0.1, 0.15) is 22.6 Å². The van der Waals surface area contributed by atoms with Gasteiger partial charge in [-0.05, 0) is 23.8 Å². The lowest BCUT2D eigenvalue weighted by molar-refractivity contribution is 0.137. The maximum Gasteiger partial charge on any atom is 0.174 e. The molecule has 0 bridgehead atoms. The molecule has 3 aromatic rings. The van der Waals surface area contributed by atoms with Crippen molar-refractivity contribution in [2.75, 3.05) is 14.2 Å². The highest BCUT2D eigenvalue weighted by Gasteiger charge is 2.83. The third-order valence-corrected chi connectivity index (χ3v) is 7.10. The number of benzene rings is 3. The van der Waals surface area contributed by atoms with Crippen LogP contribution in [0.5, 0.6) is 17.2 Å². The Morgan fingerprint density at radius 1 is 0.828 bits per heavy atom. The van der Waals surface area contributed by atoms with E-state index in [0.717, 1.165) is 16.9 Å². The van der Waals surface area contributed by atoms with E-state index < -0.39 is 9.93 Å². The first-order chi connectivity index (χ1) is 14.0. The number of hydrogen-bond acceptors (Lipinski definition) is 3.